The molecule has 1 aromatic heterocycles. The first kappa shape index (κ1) is 12.6. The average molecular weight is 258 g/mol. The normalized spacial score (nSPS) is 24.0. The molecule has 2 heterocycles. The van der Waals surface area contributed by atoms with Crippen LogP contribution in [0.3, 0.4) is 0 Å². The minimum atomic E-state index is 0.155. The molecule has 1 saturated carbocycles. The van der Waals surface area contributed by atoms with E-state index in [2.05, 4.69) is 4.98 Å². The van der Waals surface area contributed by atoms with Crippen molar-refractivity contribution >= 4 is 5.91 Å². The molecule has 1 atom stereocenters. The zero-order valence-corrected chi connectivity index (χ0v) is 11.4. The number of amides is 1. The van der Waals surface area contributed by atoms with Crippen molar-refractivity contribution in [2.45, 2.75) is 38.5 Å². The van der Waals surface area contributed by atoms with Gasteiger partial charge < -0.3 is 4.90 Å². The Morgan fingerprint density at radius 1 is 1.26 bits per heavy atom. The topological polar surface area (TPSA) is 33.2 Å². The van der Waals surface area contributed by atoms with E-state index in [0.717, 1.165) is 30.5 Å². The molecule has 2 fully saturated rings. The summed E-state index contributed by atoms with van der Waals surface area (Å²) in [5.41, 5.74) is 0.726. The molecule has 19 heavy (non-hydrogen) atoms. The summed E-state index contributed by atoms with van der Waals surface area (Å²) < 4.78 is 0. The SMILES string of the molecule is O=C(c1cccnc1)N1CC[C@@H](CC2CCCC2)C1. The van der Waals surface area contributed by atoms with Gasteiger partial charge in [-0.3, -0.25) is 9.78 Å². The monoisotopic (exact) mass is 258 g/mol. The van der Waals surface area contributed by atoms with Crippen LogP contribution in [0.25, 0.3) is 0 Å². The van der Waals surface area contributed by atoms with Crippen LogP contribution in [0.15, 0.2) is 24.5 Å². The lowest BCUT2D eigenvalue weighted by Crippen LogP contribution is -2.28. The number of carbonyl (C=O) groups is 1. The van der Waals surface area contributed by atoms with Crippen LogP contribution in [0.2, 0.25) is 0 Å². The van der Waals surface area contributed by atoms with Gasteiger partial charge in [0, 0.05) is 25.5 Å². The minimum Gasteiger partial charge on any atom is -0.338 e. The van der Waals surface area contributed by atoms with E-state index >= 15 is 0 Å². The maximum Gasteiger partial charge on any atom is 0.255 e. The highest BCUT2D eigenvalue weighted by molar-refractivity contribution is 5.94. The van der Waals surface area contributed by atoms with Crippen molar-refractivity contribution in [3.05, 3.63) is 30.1 Å². The molecule has 3 heteroatoms. The lowest BCUT2D eigenvalue weighted by Gasteiger charge is -2.18. The molecule has 0 radical (unpaired) electrons. The van der Waals surface area contributed by atoms with E-state index in [1.807, 2.05) is 17.0 Å². The Morgan fingerprint density at radius 2 is 2.11 bits per heavy atom. The Balaban J connectivity index is 1.55. The van der Waals surface area contributed by atoms with Crippen LogP contribution < -0.4 is 0 Å². The molecule has 1 amide bonds. The smallest absolute Gasteiger partial charge is 0.255 e. The van der Waals surface area contributed by atoms with E-state index in [9.17, 15) is 4.79 Å². The summed E-state index contributed by atoms with van der Waals surface area (Å²) in [6.07, 6.45) is 11.5. The molecule has 0 bridgehead atoms. The third-order valence-electron chi connectivity index (χ3n) is 4.62. The second-order valence-electron chi connectivity index (χ2n) is 6.03. The fourth-order valence-corrected chi connectivity index (χ4v) is 3.60. The Labute approximate surface area is 115 Å². The van der Waals surface area contributed by atoms with Gasteiger partial charge >= 0.3 is 0 Å². The molecule has 0 aromatic carbocycles. The van der Waals surface area contributed by atoms with Crippen LogP contribution in [0.4, 0.5) is 0 Å². The van der Waals surface area contributed by atoms with Crippen LogP contribution >= 0.6 is 0 Å². The van der Waals surface area contributed by atoms with Crippen LogP contribution in [-0.4, -0.2) is 28.9 Å². The molecule has 1 aromatic rings. The number of aromatic nitrogens is 1. The molecular formula is C16H22N2O. The van der Waals surface area contributed by atoms with E-state index < -0.39 is 0 Å². The van der Waals surface area contributed by atoms with Gasteiger partial charge in [-0.2, -0.15) is 0 Å². The van der Waals surface area contributed by atoms with E-state index in [-0.39, 0.29) is 5.91 Å². The van der Waals surface area contributed by atoms with Crippen molar-refractivity contribution in [3.8, 4) is 0 Å². The zero-order valence-electron chi connectivity index (χ0n) is 11.4. The summed E-state index contributed by atoms with van der Waals surface area (Å²) in [6.45, 7) is 1.87. The molecule has 1 saturated heterocycles. The average Bonchev–Trinajstić information content (AvgIpc) is 3.11. The van der Waals surface area contributed by atoms with Gasteiger partial charge in [-0.05, 0) is 36.8 Å². The first-order valence-electron chi connectivity index (χ1n) is 7.52. The molecular weight excluding hydrogens is 236 g/mol. The van der Waals surface area contributed by atoms with Crippen LogP contribution in [0.5, 0.6) is 0 Å². The molecule has 1 aliphatic heterocycles. The van der Waals surface area contributed by atoms with Gasteiger partial charge in [-0.15, -0.1) is 0 Å². The Kier molecular flexibility index (Phi) is 3.81. The molecule has 0 unspecified atom stereocenters. The fourth-order valence-electron chi connectivity index (χ4n) is 3.60. The summed E-state index contributed by atoms with van der Waals surface area (Å²) in [5, 5.41) is 0. The van der Waals surface area contributed by atoms with Crippen molar-refractivity contribution in [2.75, 3.05) is 13.1 Å². The second kappa shape index (κ2) is 5.72. The predicted molar refractivity (Wildman–Crippen MR) is 74.8 cm³/mol. The zero-order chi connectivity index (χ0) is 13.1. The molecule has 0 spiro atoms. The summed E-state index contributed by atoms with van der Waals surface area (Å²) >= 11 is 0. The number of carbonyl (C=O) groups excluding carboxylic acids is 1. The van der Waals surface area contributed by atoms with Crippen molar-refractivity contribution in [3.63, 3.8) is 0 Å². The van der Waals surface area contributed by atoms with Gasteiger partial charge in [0.1, 0.15) is 0 Å². The van der Waals surface area contributed by atoms with Crippen LogP contribution in [0, 0.1) is 11.8 Å². The summed E-state index contributed by atoms with van der Waals surface area (Å²) in [5.74, 6) is 1.81. The maximum atomic E-state index is 12.3. The number of pyridine rings is 1. The summed E-state index contributed by atoms with van der Waals surface area (Å²) in [6, 6.07) is 3.69. The van der Waals surface area contributed by atoms with Gasteiger partial charge in [0.15, 0.2) is 0 Å². The van der Waals surface area contributed by atoms with Crippen molar-refractivity contribution < 1.29 is 4.79 Å². The highest BCUT2D eigenvalue weighted by Gasteiger charge is 2.29. The Hall–Kier alpha value is -1.38. The van der Waals surface area contributed by atoms with Gasteiger partial charge in [0.05, 0.1) is 5.56 Å². The number of nitrogens with zero attached hydrogens (tertiary/aromatic N) is 2. The van der Waals surface area contributed by atoms with E-state index in [1.54, 1.807) is 12.4 Å². The molecule has 1 aliphatic carbocycles. The molecule has 102 valence electrons. The minimum absolute atomic E-state index is 0.155. The lowest BCUT2D eigenvalue weighted by atomic mass is 9.93. The maximum absolute atomic E-state index is 12.3. The fraction of sp³-hybridized carbons (Fsp3) is 0.625. The van der Waals surface area contributed by atoms with E-state index in [0.29, 0.717) is 0 Å². The quantitative estimate of drug-likeness (QED) is 0.834. The van der Waals surface area contributed by atoms with Gasteiger partial charge in [0.2, 0.25) is 0 Å². The largest absolute Gasteiger partial charge is 0.338 e. The number of rotatable bonds is 3. The standard InChI is InChI=1S/C16H22N2O/c19-16(15-6-3-8-17-11-15)18-9-7-14(12-18)10-13-4-1-2-5-13/h3,6,8,11,13-14H,1-2,4-5,7,9-10,12H2/t14-/m0/s1. The van der Waals surface area contributed by atoms with Gasteiger partial charge in [0.25, 0.3) is 5.91 Å². The third kappa shape index (κ3) is 2.96. The van der Waals surface area contributed by atoms with Crippen molar-refractivity contribution in [2.24, 2.45) is 11.8 Å². The van der Waals surface area contributed by atoms with Crippen LogP contribution in [0.1, 0.15) is 48.9 Å². The number of hydrogen-bond donors (Lipinski definition) is 0. The summed E-state index contributed by atoms with van der Waals surface area (Å²) in [7, 11) is 0. The number of likely N-dealkylation sites (tertiary alicyclic amines) is 1. The highest BCUT2D eigenvalue weighted by atomic mass is 16.2. The van der Waals surface area contributed by atoms with Gasteiger partial charge in [-0.1, -0.05) is 25.7 Å². The molecule has 0 N–H and O–H groups in total. The first-order valence-corrected chi connectivity index (χ1v) is 7.52. The summed E-state index contributed by atoms with van der Waals surface area (Å²) in [4.78, 5) is 18.4. The Morgan fingerprint density at radius 3 is 2.84 bits per heavy atom. The third-order valence-corrected chi connectivity index (χ3v) is 4.62. The predicted octanol–water partition coefficient (Wildman–Crippen LogP) is 3.12. The second-order valence-corrected chi connectivity index (χ2v) is 6.03. The number of hydrogen-bond acceptors (Lipinski definition) is 2. The molecule has 3 nitrogen and oxygen atoms in total. The molecule has 2 aliphatic rings. The van der Waals surface area contributed by atoms with Crippen molar-refractivity contribution in [1.29, 1.82) is 0 Å². The lowest BCUT2D eigenvalue weighted by molar-refractivity contribution is 0.0785. The Bertz CT molecular complexity index is 426. The van der Waals surface area contributed by atoms with Gasteiger partial charge in [-0.25, -0.2) is 0 Å². The van der Waals surface area contributed by atoms with Crippen LogP contribution in [-0.2, 0) is 0 Å². The highest BCUT2D eigenvalue weighted by Crippen LogP contribution is 2.33. The van der Waals surface area contributed by atoms with E-state index in [1.165, 1.54) is 38.5 Å². The first-order chi connectivity index (χ1) is 9.33. The molecule has 3 rings (SSSR count). The van der Waals surface area contributed by atoms with E-state index in [4.69, 9.17) is 0 Å². The van der Waals surface area contributed by atoms with Crippen molar-refractivity contribution in [1.82, 2.24) is 9.88 Å².